The summed E-state index contributed by atoms with van der Waals surface area (Å²) in [6.45, 7) is 9.52. The van der Waals surface area contributed by atoms with Gasteiger partial charge in [-0.25, -0.2) is 0 Å². The highest BCUT2D eigenvalue weighted by Gasteiger charge is 2.16. The van der Waals surface area contributed by atoms with Gasteiger partial charge in [-0.15, -0.1) is 0 Å². The van der Waals surface area contributed by atoms with Gasteiger partial charge in [0.15, 0.2) is 5.11 Å². The number of thiocarbonyl (C=S) groups is 1. The summed E-state index contributed by atoms with van der Waals surface area (Å²) in [6.07, 6.45) is 7.76. The molecule has 0 aromatic heterocycles. The number of nitrogens with zero attached hydrogens (tertiary/aromatic N) is 2. The molecule has 29 heavy (non-hydrogen) atoms. The molecule has 1 N–H and O–H groups in total. The van der Waals surface area contributed by atoms with Gasteiger partial charge in [0.25, 0.3) is 0 Å². The van der Waals surface area contributed by atoms with Gasteiger partial charge in [0.2, 0.25) is 0 Å². The summed E-state index contributed by atoms with van der Waals surface area (Å²) in [5.41, 5.74) is 1.17. The number of para-hydroxylation sites is 1. The van der Waals surface area contributed by atoms with Gasteiger partial charge in [0.1, 0.15) is 5.75 Å². The molecule has 1 aliphatic heterocycles. The Balaban J connectivity index is 1.85. The van der Waals surface area contributed by atoms with E-state index in [1.54, 1.807) is 7.11 Å². The van der Waals surface area contributed by atoms with Gasteiger partial charge >= 0.3 is 0 Å². The fourth-order valence-corrected chi connectivity index (χ4v) is 3.85. The summed E-state index contributed by atoms with van der Waals surface area (Å²) >= 11 is 5.77. The molecule has 5 nitrogen and oxygen atoms in total. The molecule has 1 heterocycles. The highest BCUT2D eigenvalue weighted by molar-refractivity contribution is 7.80. The molecule has 2 rings (SSSR count). The van der Waals surface area contributed by atoms with Crippen molar-refractivity contribution in [1.82, 2.24) is 15.1 Å². The fraction of sp³-hybridized carbons (Fsp3) is 0.696. The minimum Gasteiger partial charge on any atom is -0.496 e. The number of unbranched alkanes of at least 4 members (excludes halogenated alkanes) is 5. The second-order valence-corrected chi connectivity index (χ2v) is 8.07. The first-order valence-electron chi connectivity index (χ1n) is 11.2. The molecule has 0 aliphatic carbocycles. The van der Waals surface area contributed by atoms with E-state index in [0.29, 0.717) is 0 Å². The van der Waals surface area contributed by atoms with Crippen LogP contribution in [0.3, 0.4) is 0 Å². The molecule has 1 aliphatic rings. The fourth-order valence-electron chi connectivity index (χ4n) is 3.59. The summed E-state index contributed by atoms with van der Waals surface area (Å²) in [4.78, 5) is 4.73. The molecule has 0 spiro atoms. The molecule has 1 aromatic carbocycles. The number of hydrogen-bond acceptors (Lipinski definition) is 4. The van der Waals surface area contributed by atoms with Gasteiger partial charge in [-0.2, -0.15) is 0 Å². The molecule has 0 bridgehead atoms. The first kappa shape index (κ1) is 23.9. The standard InChI is InChI=1S/C23H39N3O2S/c1-3-4-5-6-7-10-13-24-23(29)26(15-14-25-16-18-28-19-17-25)20-21-11-8-9-12-22(21)27-2/h8-9,11-12H,3-7,10,13-20H2,1-2H3,(H,24,29). The van der Waals surface area contributed by atoms with Crippen molar-refractivity contribution in [3.05, 3.63) is 29.8 Å². The zero-order valence-electron chi connectivity index (χ0n) is 18.3. The first-order valence-corrected chi connectivity index (χ1v) is 11.6. The molecule has 0 atom stereocenters. The van der Waals surface area contributed by atoms with Crippen molar-refractivity contribution < 1.29 is 9.47 Å². The lowest BCUT2D eigenvalue weighted by Crippen LogP contribution is -2.46. The van der Waals surface area contributed by atoms with E-state index in [-0.39, 0.29) is 0 Å². The van der Waals surface area contributed by atoms with Crippen molar-refractivity contribution in [3.8, 4) is 5.75 Å². The second-order valence-electron chi connectivity index (χ2n) is 7.69. The smallest absolute Gasteiger partial charge is 0.169 e. The van der Waals surface area contributed by atoms with Crippen LogP contribution in [-0.4, -0.2) is 68.0 Å². The van der Waals surface area contributed by atoms with Crippen LogP contribution in [0, 0.1) is 0 Å². The highest BCUT2D eigenvalue weighted by atomic mass is 32.1. The van der Waals surface area contributed by atoms with Crippen molar-refractivity contribution in [3.63, 3.8) is 0 Å². The van der Waals surface area contributed by atoms with Crippen LogP contribution in [0.5, 0.6) is 5.75 Å². The Hall–Kier alpha value is -1.37. The Morgan fingerprint density at radius 3 is 2.62 bits per heavy atom. The number of benzene rings is 1. The van der Waals surface area contributed by atoms with Gasteiger partial charge in [0.05, 0.1) is 20.3 Å². The van der Waals surface area contributed by atoms with Crippen LogP contribution in [0.4, 0.5) is 0 Å². The Bertz CT molecular complexity index is 579. The van der Waals surface area contributed by atoms with E-state index in [0.717, 1.165) is 63.3 Å². The van der Waals surface area contributed by atoms with Gasteiger partial charge in [-0.1, -0.05) is 57.2 Å². The van der Waals surface area contributed by atoms with E-state index in [1.165, 1.54) is 44.1 Å². The number of nitrogens with one attached hydrogen (secondary N) is 1. The topological polar surface area (TPSA) is 37.0 Å². The lowest BCUT2D eigenvalue weighted by atomic mass is 10.1. The molecule has 6 heteroatoms. The summed E-state index contributed by atoms with van der Waals surface area (Å²) in [5.74, 6) is 0.919. The average molecular weight is 422 g/mol. The normalized spacial score (nSPS) is 14.6. The molecule has 0 unspecified atom stereocenters. The van der Waals surface area contributed by atoms with Crippen molar-refractivity contribution in [2.24, 2.45) is 0 Å². The third kappa shape index (κ3) is 9.32. The van der Waals surface area contributed by atoms with E-state index in [4.69, 9.17) is 21.7 Å². The third-order valence-electron chi connectivity index (χ3n) is 5.44. The minimum atomic E-state index is 0.761. The Labute approximate surface area is 182 Å². The second kappa shape index (κ2) is 14.6. The molecule has 1 saturated heterocycles. The lowest BCUT2D eigenvalue weighted by Gasteiger charge is -2.31. The molecule has 0 amide bonds. The van der Waals surface area contributed by atoms with Gasteiger partial charge < -0.3 is 19.7 Å². The number of methoxy groups -OCH3 is 1. The van der Waals surface area contributed by atoms with E-state index in [2.05, 4.69) is 34.2 Å². The van der Waals surface area contributed by atoms with Crippen molar-refractivity contribution in [2.75, 3.05) is 53.0 Å². The van der Waals surface area contributed by atoms with Crippen LogP contribution in [0.1, 0.15) is 51.0 Å². The Kier molecular flexibility index (Phi) is 12.0. The van der Waals surface area contributed by atoms with E-state index in [1.807, 2.05) is 12.1 Å². The number of hydrogen-bond donors (Lipinski definition) is 1. The summed E-state index contributed by atoms with van der Waals surface area (Å²) in [7, 11) is 1.73. The summed E-state index contributed by atoms with van der Waals surface area (Å²) in [6, 6.07) is 8.21. The predicted octanol–water partition coefficient (Wildman–Crippen LogP) is 4.06. The number of rotatable bonds is 13. The quantitative estimate of drug-likeness (QED) is 0.382. The maximum atomic E-state index is 5.77. The molecule has 0 radical (unpaired) electrons. The van der Waals surface area contributed by atoms with E-state index >= 15 is 0 Å². The van der Waals surface area contributed by atoms with E-state index in [9.17, 15) is 0 Å². The average Bonchev–Trinajstić information content (AvgIpc) is 2.76. The zero-order valence-corrected chi connectivity index (χ0v) is 19.1. The molecule has 1 aromatic rings. The van der Waals surface area contributed by atoms with Crippen LogP contribution in [-0.2, 0) is 11.3 Å². The van der Waals surface area contributed by atoms with Crippen molar-refractivity contribution in [1.29, 1.82) is 0 Å². The van der Waals surface area contributed by atoms with Crippen LogP contribution >= 0.6 is 12.2 Å². The van der Waals surface area contributed by atoms with Crippen LogP contribution in [0.15, 0.2) is 24.3 Å². The summed E-state index contributed by atoms with van der Waals surface area (Å²) < 4.78 is 11.0. The Morgan fingerprint density at radius 2 is 1.86 bits per heavy atom. The molecular formula is C23H39N3O2S. The summed E-state index contributed by atoms with van der Waals surface area (Å²) in [5, 5.41) is 4.34. The zero-order chi connectivity index (χ0) is 20.7. The van der Waals surface area contributed by atoms with Crippen molar-refractivity contribution in [2.45, 2.75) is 52.0 Å². The minimum absolute atomic E-state index is 0.761. The van der Waals surface area contributed by atoms with Gasteiger partial charge in [-0.05, 0) is 24.7 Å². The monoisotopic (exact) mass is 421 g/mol. The third-order valence-corrected chi connectivity index (χ3v) is 5.84. The maximum Gasteiger partial charge on any atom is 0.169 e. The van der Waals surface area contributed by atoms with Crippen LogP contribution in [0.25, 0.3) is 0 Å². The lowest BCUT2D eigenvalue weighted by molar-refractivity contribution is 0.0357. The van der Waals surface area contributed by atoms with E-state index < -0.39 is 0 Å². The molecular weight excluding hydrogens is 382 g/mol. The predicted molar refractivity (Wildman–Crippen MR) is 125 cm³/mol. The molecule has 164 valence electrons. The first-order chi connectivity index (χ1) is 14.2. The number of ether oxygens (including phenoxy) is 2. The van der Waals surface area contributed by atoms with Gasteiger partial charge in [0, 0.05) is 44.8 Å². The molecule has 0 saturated carbocycles. The molecule has 1 fully saturated rings. The van der Waals surface area contributed by atoms with Crippen molar-refractivity contribution >= 4 is 17.3 Å². The largest absolute Gasteiger partial charge is 0.496 e. The maximum absolute atomic E-state index is 5.77. The highest BCUT2D eigenvalue weighted by Crippen LogP contribution is 2.19. The van der Waals surface area contributed by atoms with Gasteiger partial charge in [-0.3, -0.25) is 4.90 Å². The van der Waals surface area contributed by atoms with Crippen LogP contribution in [0.2, 0.25) is 0 Å². The number of morpholine rings is 1. The van der Waals surface area contributed by atoms with Crippen LogP contribution < -0.4 is 10.1 Å². The SMILES string of the molecule is CCCCCCCCNC(=S)N(CCN1CCOCC1)Cc1ccccc1OC. The Morgan fingerprint density at radius 1 is 1.14 bits per heavy atom.